The number of benzene rings is 1. The second kappa shape index (κ2) is 7.54. The van der Waals surface area contributed by atoms with Gasteiger partial charge in [0.05, 0.1) is 6.26 Å². The molecule has 0 atom stereocenters. The minimum absolute atomic E-state index is 0.275. The highest BCUT2D eigenvalue weighted by molar-refractivity contribution is 7.99. The van der Waals surface area contributed by atoms with Gasteiger partial charge in [0, 0.05) is 36.4 Å². The lowest BCUT2D eigenvalue weighted by atomic mass is 10.1. The van der Waals surface area contributed by atoms with E-state index in [0.717, 1.165) is 37.3 Å². The first-order valence-corrected chi connectivity index (χ1v) is 8.82. The number of hydrogen-bond donors (Lipinski definition) is 0. The largest absolute Gasteiger partial charge is 0.469 e. The molecule has 1 aromatic carbocycles. The van der Waals surface area contributed by atoms with Crippen LogP contribution in [0.3, 0.4) is 0 Å². The van der Waals surface area contributed by atoms with E-state index in [2.05, 4.69) is 24.3 Å². The Labute approximate surface area is 135 Å². The molecule has 0 saturated heterocycles. The van der Waals surface area contributed by atoms with Gasteiger partial charge in [-0.2, -0.15) is 0 Å². The average molecular weight is 315 g/mol. The summed E-state index contributed by atoms with van der Waals surface area (Å²) in [6.45, 7) is 1.50. The molecule has 0 radical (unpaired) electrons. The minimum Gasteiger partial charge on any atom is -0.469 e. The van der Waals surface area contributed by atoms with Crippen LogP contribution in [-0.4, -0.2) is 23.1 Å². The molecule has 0 fully saturated rings. The number of amides is 1. The number of fused-ring (bicyclic) bond motifs is 1. The zero-order valence-corrected chi connectivity index (χ0v) is 13.5. The Hall–Kier alpha value is -1.68. The highest BCUT2D eigenvalue weighted by Crippen LogP contribution is 2.21. The van der Waals surface area contributed by atoms with Crippen LogP contribution in [-0.2, 0) is 17.8 Å². The fourth-order valence-electron chi connectivity index (χ4n) is 2.70. The molecule has 1 aliphatic heterocycles. The number of carbonyl (C=O) groups excluding carboxylic acids is 1. The van der Waals surface area contributed by atoms with E-state index in [-0.39, 0.29) is 5.91 Å². The molecule has 2 heterocycles. The maximum atomic E-state index is 12.3. The summed E-state index contributed by atoms with van der Waals surface area (Å²) in [4.78, 5) is 15.5. The first-order valence-electron chi connectivity index (χ1n) is 7.84. The standard InChI is InChI=1S/C18H21NO2S/c20-18(19-11-9-17-15(14-19)10-12-21-17)8-4-5-13-22-16-6-2-1-3-7-16/h1-3,6-7,10,12H,4-5,8-9,11,13-14H2. The van der Waals surface area contributed by atoms with Crippen molar-refractivity contribution in [1.29, 1.82) is 0 Å². The van der Waals surface area contributed by atoms with Crippen LogP contribution in [0.2, 0.25) is 0 Å². The van der Waals surface area contributed by atoms with Crippen molar-refractivity contribution in [3.05, 3.63) is 54.0 Å². The Kier molecular flexibility index (Phi) is 5.22. The molecule has 22 heavy (non-hydrogen) atoms. The van der Waals surface area contributed by atoms with E-state index >= 15 is 0 Å². The van der Waals surface area contributed by atoms with E-state index in [4.69, 9.17) is 4.42 Å². The summed E-state index contributed by atoms with van der Waals surface area (Å²) < 4.78 is 5.40. The summed E-state index contributed by atoms with van der Waals surface area (Å²) in [5.41, 5.74) is 1.17. The van der Waals surface area contributed by atoms with E-state index in [1.807, 2.05) is 28.8 Å². The van der Waals surface area contributed by atoms with Gasteiger partial charge in [-0.3, -0.25) is 4.79 Å². The van der Waals surface area contributed by atoms with Gasteiger partial charge in [0.2, 0.25) is 5.91 Å². The number of hydrogen-bond acceptors (Lipinski definition) is 3. The van der Waals surface area contributed by atoms with Gasteiger partial charge < -0.3 is 9.32 Å². The summed E-state index contributed by atoms with van der Waals surface area (Å²) in [5.74, 6) is 2.39. The van der Waals surface area contributed by atoms with Crippen LogP contribution < -0.4 is 0 Å². The average Bonchev–Trinajstić information content (AvgIpc) is 3.03. The van der Waals surface area contributed by atoms with Crippen LogP contribution in [0, 0.1) is 0 Å². The lowest BCUT2D eigenvalue weighted by Crippen LogP contribution is -2.35. The van der Waals surface area contributed by atoms with Crippen molar-refractivity contribution in [2.75, 3.05) is 12.3 Å². The molecular weight excluding hydrogens is 294 g/mol. The third kappa shape index (κ3) is 3.95. The van der Waals surface area contributed by atoms with Crippen LogP contribution in [0.4, 0.5) is 0 Å². The zero-order chi connectivity index (χ0) is 15.2. The van der Waals surface area contributed by atoms with Crippen molar-refractivity contribution in [3.63, 3.8) is 0 Å². The highest BCUT2D eigenvalue weighted by Gasteiger charge is 2.21. The summed E-state index contributed by atoms with van der Waals surface area (Å²) in [7, 11) is 0. The van der Waals surface area contributed by atoms with Gasteiger partial charge in [0.15, 0.2) is 0 Å². The van der Waals surface area contributed by atoms with Crippen molar-refractivity contribution in [3.8, 4) is 0 Å². The predicted molar refractivity (Wildman–Crippen MR) is 88.8 cm³/mol. The second-order valence-corrected chi connectivity index (χ2v) is 6.72. The van der Waals surface area contributed by atoms with Crippen molar-refractivity contribution in [2.45, 2.75) is 37.1 Å². The molecule has 1 aromatic heterocycles. The molecule has 3 rings (SSSR count). The molecule has 4 heteroatoms. The lowest BCUT2D eigenvalue weighted by molar-refractivity contribution is -0.132. The third-order valence-corrected chi connectivity index (χ3v) is 5.06. The molecule has 0 bridgehead atoms. The van der Waals surface area contributed by atoms with Gasteiger partial charge in [-0.15, -0.1) is 11.8 Å². The fraction of sp³-hybridized carbons (Fsp3) is 0.389. The first kappa shape index (κ1) is 15.2. The molecule has 2 aromatic rings. The van der Waals surface area contributed by atoms with E-state index in [9.17, 15) is 4.79 Å². The van der Waals surface area contributed by atoms with Gasteiger partial charge in [0.25, 0.3) is 0 Å². The summed E-state index contributed by atoms with van der Waals surface area (Å²) in [6, 6.07) is 12.4. The van der Waals surface area contributed by atoms with E-state index in [1.165, 1.54) is 10.5 Å². The summed E-state index contributed by atoms with van der Waals surface area (Å²) in [5, 5.41) is 0. The van der Waals surface area contributed by atoms with E-state index < -0.39 is 0 Å². The third-order valence-electron chi connectivity index (χ3n) is 3.96. The van der Waals surface area contributed by atoms with Crippen molar-refractivity contribution >= 4 is 17.7 Å². The molecule has 0 saturated carbocycles. The molecule has 116 valence electrons. The zero-order valence-electron chi connectivity index (χ0n) is 12.7. The number of unbranched alkanes of at least 4 members (excludes halogenated alkanes) is 1. The Morgan fingerprint density at radius 3 is 2.91 bits per heavy atom. The Morgan fingerprint density at radius 2 is 2.05 bits per heavy atom. The van der Waals surface area contributed by atoms with Crippen LogP contribution in [0.25, 0.3) is 0 Å². The minimum atomic E-state index is 0.275. The van der Waals surface area contributed by atoms with Crippen LogP contribution in [0.1, 0.15) is 30.6 Å². The van der Waals surface area contributed by atoms with Gasteiger partial charge in [-0.05, 0) is 36.8 Å². The quantitative estimate of drug-likeness (QED) is 0.594. The van der Waals surface area contributed by atoms with Crippen molar-refractivity contribution in [1.82, 2.24) is 4.90 Å². The molecular formula is C18H21NO2S. The molecule has 0 aliphatic carbocycles. The maximum absolute atomic E-state index is 12.3. The number of thioether (sulfide) groups is 1. The summed E-state index contributed by atoms with van der Waals surface area (Å²) >= 11 is 1.86. The van der Waals surface area contributed by atoms with Gasteiger partial charge in [0.1, 0.15) is 5.76 Å². The topological polar surface area (TPSA) is 33.5 Å². The highest BCUT2D eigenvalue weighted by atomic mass is 32.2. The smallest absolute Gasteiger partial charge is 0.222 e. The molecule has 1 aliphatic rings. The SMILES string of the molecule is O=C(CCCCSc1ccccc1)N1CCc2occc2C1. The Balaban J connectivity index is 1.35. The van der Waals surface area contributed by atoms with Gasteiger partial charge in [-0.1, -0.05) is 18.2 Å². The molecule has 3 nitrogen and oxygen atoms in total. The number of furan rings is 1. The van der Waals surface area contributed by atoms with E-state index in [1.54, 1.807) is 6.26 Å². The first-order chi connectivity index (χ1) is 10.8. The fourth-order valence-corrected chi connectivity index (χ4v) is 3.64. The van der Waals surface area contributed by atoms with Crippen LogP contribution >= 0.6 is 11.8 Å². The normalized spacial score (nSPS) is 13.9. The number of carbonyl (C=O) groups is 1. The molecule has 0 N–H and O–H groups in total. The predicted octanol–water partition coefficient (Wildman–Crippen LogP) is 4.13. The summed E-state index contributed by atoms with van der Waals surface area (Å²) in [6.07, 6.45) is 5.27. The van der Waals surface area contributed by atoms with Crippen LogP contribution in [0.5, 0.6) is 0 Å². The number of rotatable bonds is 6. The lowest BCUT2D eigenvalue weighted by Gasteiger charge is -2.26. The maximum Gasteiger partial charge on any atom is 0.222 e. The monoisotopic (exact) mass is 315 g/mol. The molecule has 0 spiro atoms. The van der Waals surface area contributed by atoms with Gasteiger partial charge >= 0.3 is 0 Å². The van der Waals surface area contributed by atoms with E-state index in [0.29, 0.717) is 13.0 Å². The Morgan fingerprint density at radius 1 is 1.18 bits per heavy atom. The Bertz CT molecular complexity index is 609. The second-order valence-electron chi connectivity index (χ2n) is 5.55. The van der Waals surface area contributed by atoms with Crippen molar-refractivity contribution in [2.24, 2.45) is 0 Å². The van der Waals surface area contributed by atoms with Crippen molar-refractivity contribution < 1.29 is 9.21 Å². The van der Waals surface area contributed by atoms with Gasteiger partial charge in [-0.25, -0.2) is 0 Å². The molecule has 0 unspecified atom stereocenters. The number of nitrogens with zero attached hydrogens (tertiary/aromatic N) is 1. The molecule has 1 amide bonds. The van der Waals surface area contributed by atoms with Crippen LogP contribution in [0.15, 0.2) is 52.0 Å².